The zero-order valence-electron chi connectivity index (χ0n) is 12.2. The Morgan fingerprint density at radius 3 is 3.05 bits per heavy atom. The van der Waals surface area contributed by atoms with Crippen molar-refractivity contribution in [2.75, 3.05) is 19.6 Å². The minimum absolute atomic E-state index is 0.584. The van der Waals surface area contributed by atoms with Crippen molar-refractivity contribution in [3.05, 3.63) is 34.3 Å². The fourth-order valence-electron chi connectivity index (χ4n) is 3.04. The SMILES string of the molecule is Cc1nc(CCN2CCCC(c3nccn3C)C2)cs1. The first-order valence-electron chi connectivity index (χ1n) is 7.33. The second kappa shape index (κ2) is 6.06. The van der Waals surface area contributed by atoms with Crippen LogP contribution < -0.4 is 0 Å². The van der Waals surface area contributed by atoms with Crippen molar-refractivity contribution in [3.63, 3.8) is 0 Å². The first kappa shape index (κ1) is 13.8. The van der Waals surface area contributed by atoms with Crippen molar-refractivity contribution in [3.8, 4) is 0 Å². The third-order valence-electron chi connectivity index (χ3n) is 4.08. The lowest BCUT2D eigenvalue weighted by Crippen LogP contribution is -2.36. The van der Waals surface area contributed by atoms with Gasteiger partial charge in [-0.25, -0.2) is 9.97 Å². The lowest BCUT2D eigenvalue weighted by molar-refractivity contribution is 0.204. The van der Waals surface area contributed by atoms with Gasteiger partial charge in [0.1, 0.15) is 5.82 Å². The smallest absolute Gasteiger partial charge is 0.112 e. The molecule has 1 unspecified atom stereocenters. The van der Waals surface area contributed by atoms with Gasteiger partial charge in [0, 0.05) is 50.2 Å². The van der Waals surface area contributed by atoms with Crippen molar-refractivity contribution in [1.29, 1.82) is 0 Å². The Morgan fingerprint density at radius 2 is 2.35 bits per heavy atom. The number of aryl methyl sites for hydroxylation is 2. The van der Waals surface area contributed by atoms with E-state index < -0.39 is 0 Å². The molecule has 0 aliphatic carbocycles. The Labute approximate surface area is 124 Å². The van der Waals surface area contributed by atoms with Crippen molar-refractivity contribution >= 4 is 11.3 Å². The average molecular weight is 290 g/mol. The number of hydrogen-bond acceptors (Lipinski definition) is 4. The van der Waals surface area contributed by atoms with Crippen molar-refractivity contribution in [2.24, 2.45) is 7.05 Å². The van der Waals surface area contributed by atoms with Gasteiger partial charge < -0.3 is 9.47 Å². The molecule has 1 aliphatic heterocycles. The summed E-state index contributed by atoms with van der Waals surface area (Å²) < 4.78 is 2.16. The summed E-state index contributed by atoms with van der Waals surface area (Å²) in [7, 11) is 2.10. The normalized spacial score (nSPS) is 20.4. The van der Waals surface area contributed by atoms with Crippen LogP contribution in [0, 0.1) is 6.92 Å². The van der Waals surface area contributed by atoms with E-state index in [9.17, 15) is 0 Å². The van der Waals surface area contributed by atoms with E-state index in [1.54, 1.807) is 11.3 Å². The highest BCUT2D eigenvalue weighted by molar-refractivity contribution is 7.09. The van der Waals surface area contributed by atoms with Gasteiger partial charge in [0.25, 0.3) is 0 Å². The van der Waals surface area contributed by atoms with Crippen LogP contribution in [0.25, 0.3) is 0 Å². The number of aromatic nitrogens is 3. The molecule has 3 rings (SSSR count). The molecule has 1 atom stereocenters. The van der Waals surface area contributed by atoms with Gasteiger partial charge in [-0.2, -0.15) is 0 Å². The molecule has 20 heavy (non-hydrogen) atoms. The fraction of sp³-hybridized carbons (Fsp3) is 0.600. The lowest BCUT2D eigenvalue weighted by atomic mass is 9.97. The maximum atomic E-state index is 4.55. The molecule has 0 aromatic carbocycles. The van der Waals surface area contributed by atoms with Crippen LogP contribution in [-0.2, 0) is 13.5 Å². The highest BCUT2D eigenvalue weighted by atomic mass is 32.1. The molecule has 0 amide bonds. The summed E-state index contributed by atoms with van der Waals surface area (Å²) in [5, 5.41) is 3.36. The number of hydrogen-bond donors (Lipinski definition) is 0. The molecule has 4 nitrogen and oxygen atoms in total. The van der Waals surface area contributed by atoms with Gasteiger partial charge in [-0.15, -0.1) is 11.3 Å². The molecule has 108 valence electrons. The Bertz CT molecular complexity index is 560. The Hall–Kier alpha value is -1.20. The zero-order valence-corrected chi connectivity index (χ0v) is 13.1. The molecule has 2 aromatic heterocycles. The van der Waals surface area contributed by atoms with Gasteiger partial charge in [-0.05, 0) is 26.3 Å². The third-order valence-corrected chi connectivity index (χ3v) is 4.90. The molecule has 1 saturated heterocycles. The molecule has 0 N–H and O–H groups in total. The predicted molar refractivity (Wildman–Crippen MR) is 82.2 cm³/mol. The number of rotatable bonds is 4. The molecule has 0 radical (unpaired) electrons. The molecular weight excluding hydrogens is 268 g/mol. The van der Waals surface area contributed by atoms with Crippen LogP contribution in [0.4, 0.5) is 0 Å². The predicted octanol–water partition coefficient (Wildman–Crippen LogP) is 2.61. The van der Waals surface area contributed by atoms with E-state index in [0.29, 0.717) is 5.92 Å². The van der Waals surface area contributed by atoms with E-state index in [1.807, 2.05) is 12.4 Å². The lowest BCUT2D eigenvalue weighted by Gasteiger charge is -2.32. The van der Waals surface area contributed by atoms with E-state index in [1.165, 1.54) is 35.9 Å². The van der Waals surface area contributed by atoms with Gasteiger partial charge in [0.05, 0.1) is 10.7 Å². The molecule has 3 heterocycles. The quantitative estimate of drug-likeness (QED) is 0.868. The molecule has 1 fully saturated rings. The molecular formula is C15H22N4S. The van der Waals surface area contributed by atoms with Crippen LogP contribution in [0.5, 0.6) is 0 Å². The average Bonchev–Trinajstić information content (AvgIpc) is 3.05. The van der Waals surface area contributed by atoms with Crippen LogP contribution in [0.2, 0.25) is 0 Å². The molecule has 2 aromatic rings. The van der Waals surface area contributed by atoms with Crippen LogP contribution in [0.15, 0.2) is 17.8 Å². The molecule has 0 saturated carbocycles. The third kappa shape index (κ3) is 3.10. The van der Waals surface area contributed by atoms with Gasteiger partial charge in [-0.1, -0.05) is 0 Å². The minimum atomic E-state index is 0.584. The van der Waals surface area contributed by atoms with E-state index in [4.69, 9.17) is 0 Å². The summed E-state index contributed by atoms with van der Waals surface area (Å²) in [4.78, 5) is 11.6. The number of likely N-dealkylation sites (tertiary alicyclic amines) is 1. The second-order valence-electron chi connectivity index (χ2n) is 5.64. The van der Waals surface area contributed by atoms with Gasteiger partial charge in [-0.3, -0.25) is 0 Å². The van der Waals surface area contributed by atoms with Gasteiger partial charge in [0.2, 0.25) is 0 Å². The maximum Gasteiger partial charge on any atom is 0.112 e. The Balaban J connectivity index is 1.57. The summed E-state index contributed by atoms with van der Waals surface area (Å²) in [5.74, 6) is 1.82. The number of thiazole rings is 1. The Kier molecular flexibility index (Phi) is 4.17. The first-order valence-corrected chi connectivity index (χ1v) is 8.21. The second-order valence-corrected chi connectivity index (χ2v) is 6.71. The largest absolute Gasteiger partial charge is 0.338 e. The topological polar surface area (TPSA) is 34.0 Å². The monoisotopic (exact) mass is 290 g/mol. The van der Waals surface area contributed by atoms with E-state index in [2.05, 4.69) is 38.8 Å². The zero-order chi connectivity index (χ0) is 13.9. The summed E-state index contributed by atoms with van der Waals surface area (Å²) in [5.41, 5.74) is 1.24. The summed E-state index contributed by atoms with van der Waals surface area (Å²) in [6.07, 6.45) is 7.56. The van der Waals surface area contributed by atoms with Crippen molar-refractivity contribution in [2.45, 2.75) is 32.1 Å². The van der Waals surface area contributed by atoms with Crippen LogP contribution in [0.1, 0.15) is 35.3 Å². The van der Waals surface area contributed by atoms with Gasteiger partial charge >= 0.3 is 0 Å². The van der Waals surface area contributed by atoms with Gasteiger partial charge in [0.15, 0.2) is 0 Å². The van der Waals surface area contributed by atoms with Crippen molar-refractivity contribution < 1.29 is 0 Å². The van der Waals surface area contributed by atoms with Crippen molar-refractivity contribution in [1.82, 2.24) is 19.4 Å². The minimum Gasteiger partial charge on any atom is -0.338 e. The standard InChI is InChI=1S/C15H22N4S/c1-12-17-14(11-20-12)5-8-19-7-3-4-13(10-19)15-16-6-9-18(15)2/h6,9,11,13H,3-5,7-8,10H2,1-2H3. The number of nitrogens with zero attached hydrogens (tertiary/aromatic N) is 4. The number of imidazole rings is 1. The van der Waals surface area contributed by atoms with Crippen LogP contribution in [-0.4, -0.2) is 39.1 Å². The van der Waals surface area contributed by atoms with E-state index in [-0.39, 0.29) is 0 Å². The van der Waals surface area contributed by atoms with Crippen LogP contribution >= 0.6 is 11.3 Å². The molecule has 5 heteroatoms. The Morgan fingerprint density at radius 1 is 1.45 bits per heavy atom. The van der Waals surface area contributed by atoms with E-state index in [0.717, 1.165) is 19.5 Å². The summed E-state index contributed by atoms with van der Waals surface area (Å²) in [6, 6.07) is 0. The fourth-order valence-corrected chi connectivity index (χ4v) is 3.68. The first-order chi connectivity index (χ1) is 9.72. The van der Waals surface area contributed by atoms with E-state index >= 15 is 0 Å². The van der Waals surface area contributed by atoms with Crippen LogP contribution in [0.3, 0.4) is 0 Å². The summed E-state index contributed by atoms with van der Waals surface area (Å²) >= 11 is 1.75. The number of piperidine rings is 1. The molecule has 0 spiro atoms. The highest BCUT2D eigenvalue weighted by Gasteiger charge is 2.23. The highest BCUT2D eigenvalue weighted by Crippen LogP contribution is 2.25. The molecule has 1 aliphatic rings. The molecule has 0 bridgehead atoms. The summed E-state index contributed by atoms with van der Waals surface area (Å²) in [6.45, 7) is 5.54. The maximum absolute atomic E-state index is 4.55.